The largest absolute Gasteiger partial charge is 0.335 e. The molecule has 0 saturated carbocycles. The van der Waals surface area contributed by atoms with Crippen LogP contribution in [0.3, 0.4) is 0 Å². The number of amides is 1. The number of nitrogens with one attached hydrogen (secondary N) is 2. The number of nitrogens with zero attached hydrogens (tertiary/aromatic N) is 2. The average Bonchev–Trinajstić information content (AvgIpc) is 3.25. The van der Waals surface area contributed by atoms with Crippen molar-refractivity contribution in [2.75, 3.05) is 19.6 Å². The van der Waals surface area contributed by atoms with Gasteiger partial charge in [0.1, 0.15) is 0 Å². The minimum atomic E-state index is 0.186. The van der Waals surface area contributed by atoms with Gasteiger partial charge in [-0.1, -0.05) is 30.3 Å². The molecule has 2 saturated heterocycles. The third-order valence-electron chi connectivity index (χ3n) is 5.63. The number of fused-ring (bicyclic) bond motifs is 1. The van der Waals surface area contributed by atoms with Crippen LogP contribution in [0.25, 0.3) is 0 Å². The van der Waals surface area contributed by atoms with E-state index in [9.17, 15) is 4.79 Å². The molecule has 3 heterocycles. The highest BCUT2D eigenvalue weighted by molar-refractivity contribution is 5.80. The predicted octanol–water partition coefficient (Wildman–Crippen LogP) is 1.99. The summed E-state index contributed by atoms with van der Waals surface area (Å²) in [5.41, 5.74) is 4.22. The van der Waals surface area contributed by atoms with Crippen molar-refractivity contribution in [3.63, 3.8) is 0 Å². The molecule has 1 amide bonds. The van der Waals surface area contributed by atoms with Crippen LogP contribution < -0.4 is 5.32 Å². The second-order valence-electron chi connectivity index (χ2n) is 7.07. The fourth-order valence-electron chi connectivity index (χ4n) is 4.34. The molecule has 5 nitrogen and oxygen atoms in total. The lowest BCUT2D eigenvalue weighted by molar-refractivity contribution is -0.131. The number of carbonyl (C=O) groups is 1. The van der Waals surface area contributed by atoms with Gasteiger partial charge in [-0.25, -0.2) is 0 Å². The SMILES string of the molecule is Cc1n[nH]c(C)c1CC(=O)N1C[C@@H]2CNC[C@@H]2[C@@H]1c1ccccc1. The molecule has 0 unspecified atom stereocenters. The molecular weight excluding hydrogens is 300 g/mol. The number of aromatic amines is 1. The van der Waals surface area contributed by atoms with Gasteiger partial charge in [-0.2, -0.15) is 5.10 Å². The zero-order valence-corrected chi connectivity index (χ0v) is 14.2. The van der Waals surface area contributed by atoms with Gasteiger partial charge in [-0.3, -0.25) is 9.89 Å². The van der Waals surface area contributed by atoms with Gasteiger partial charge >= 0.3 is 0 Å². The Morgan fingerprint density at radius 1 is 1.25 bits per heavy atom. The van der Waals surface area contributed by atoms with Crippen molar-refractivity contribution >= 4 is 5.91 Å². The van der Waals surface area contributed by atoms with Gasteiger partial charge in [0.2, 0.25) is 5.91 Å². The van der Waals surface area contributed by atoms with Gasteiger partial charge in [0.05, 0.1) is 18.2 Å². The van der Waals surface area contributed by atoms with E-state index in [-0.39, 0.29) is 11.9 Å². The Morgan fingerprint density at radius 3 is 2.75 bits per heavy atom. The van der Waals surface area contributed by atoms with Crippen molar-refractivity contribution in [1.82, 2.24) is 20.4 Å². The summed E-state index contributed by atoms with van der Waals surface area (Å²) in [6.45, 7) is 6.81. The van der Waals surface area contributed by atoms with Crippen molar-refractivity contribution in [2.45, 2.75) is 26.3 Å². The van der Waals surface area contributed by atoms with E-state index in [4.69, 9.17) is 0 Å². The van der Waals surface area contributed by atoms with Gasteiger partial charge in [-0.15, -0.1) is 0 Å². The molecule has 2 aliphatic rings. The lowest BCUT2D eigenvalue weighted by Gasteiger charge is -2.28. The molecule has 126 valence electrons. The van der Waals surface area contributed by atoms with Gasteiger partial charge < -0.3 is 10.2 Å². The molecule has 1 aromatic heterocycles. The van der Waals surface area contributed by atoms with E-state index in [1.807, 2.05) is 19.9 Å². The summed E-state index contributed by atoms with van der Waals surface area (Å²) in [5, 5.41) is 10.7. The number of H-pyrrole nitrogens is 1. The molecule has 0 bridgehead atoms. The van der Waals surface area contributed by atoms with Crippen LogP contribution in [0.5, 0.6) is 0 Å². The maximum atomic E-state index is 13.1. The van der Waals surface area contributed by atoms with Gasteiger partial charge in [0, 0.05) is 36.8 Å². The second kappa shape index (κ2) is 6.06. The van der Waals surface area contributed by atoms with Crippen molar-refractivity contribution in [1.29, 1.82) is 0 Å². The summed E-state index contributed by atoms with van der Waals surface area (Å²) in [7, 11) is 0. The Hall–Kier alpha value is -2.14. The number of rotatable bonds is 3. The average molecular weight is 324 g/mol. The Balaban J connectivity index is 1.62. The number of carbonyl (C=O) groups excluding carboxylic acids is 1. The van der Waals surface area contributed by atoms with E-state index >= 15 is 0 Å². The standard InChI is InChI=1S/C19H24N4O/c1-12-16(13(2)22-21-12)8-18(24)23-11-15-9-20-10-17(15)19(23)14-6-4-3-5-7-14/h3-7,15,17,19-20H,8-11H2,1-2H3,(H,21,22)/t15-,17-,19-/m0/s1. The van der Waals surface area contributed by atoms with Crippen LogP contribution in [0.2, 0.25) is 0 Å². The maximum Gasteiger partial charge on any atom is 0.227 e. The highest BCUT2D eigenvalue weighted by atomic mass is 16.2. The fraction of sp³-hybridized carbons (Fsp3) is 0.474. The molecule has 0 radical (unpaired) electrons. The predicted molar refractivity (Wildman–Crippen MR) is 92.5 cm³/mol. The smallest absolute Gasteiger partial charge is 0.227 e. The summed E-state index contributed by atoms with van der Waals surface area (Å²) in [4.78, 5) is 15.2. The number of hydrogen-bond donors (Lipinski definition) is 2. The Bertz CT molecular complexity index is 720. The molecule has 4 rings (SSSR count). The molecule has 2 N–H and O–H groups in total. The summed E-state index contributed by atoms with van der Waals surface area (Å²) in [5.74, 6) is 1.29. The quantitative estimate of drug-likeness (QED) is 0.908. The third kappa shape index (κ3) is 2.53. The first-order valence-electron chi connectivity index (χ1n) is 8.70. The first kappa shape index (κ1) is 15.4. The normalized spacial score (nSPS) is 25.9. The van der Waals surface area contributed by atoms with Gasteiger partial charge in [0.15, 0.2) is 0 Å². The van der Waals surface area contributed by atoms with Crippen molar-refractivity contribution in [3.05, 3.63) is 52.8 Å². The zero-order valence-electron chi connectivity index (χ0n) is 14.2. The minimum Gasteiger partial charge on any atom is -0.335 e. The molecular formula is C19H24N4O. The third-order valence-corrected chi connectivity index (χ3v) is 5.63. The Kier molecular flexibility index (Phi) is 3.88. The number of likely N-dealkylation sites (tertiary alicyclic amines) is 1. The van der Waals surface area contributed by atoms with Crippen LogP contribution in [-0.4, -0.2) is 40.6 Å². The lowest BCUT2D eigenvalue weighted by Crippen LogP contribution is -2.35. The van der Waals surface area contributed by atoms with E-state index in [0.29, 0.717) is 18.3 Å². The van der Waals surface area contributed by atoms with Crippen molar-refractivity contribution in [2.24, 2.45) is 11.8 Å². The highest BCUT2D eigenvalue weighted by Gasteiger charge is 2.46. The highest BCUT2D eigenvalue weighted by Crippen LogP contribution is 2.42. The maximum absolute atomic E-state index is 13.1. The second-order valence-corrected chi connectivity index (χ2v) is 7.07. The van der Waals surface area contributed by atoms with Crippen LogP contribution in [0, 0.1) is 25.7 Å². The Labute approximate surface area is 142 Å². The van der Waals surface area contributed by atoms with Gasteiger partial charge in [0.25, 0.3) is 0 Å². The summed E-state index contributed by atoms with van der Waals surface area (Å²) in [6, 6.07) is 10.7. The number of aryl methyl sites for hydroxylation is 2. The topological polar surface area (TPSA) is 61.0 Å². The number of hydrogen-bond acceptors (Lipinski definition) is 3. The summed E-state index contributed by atoms with van der Waals surface area (Å²) in [6.07, 6.45) is 0.435. The van der Waals surface area contributed by atoms with E-state index in [2.05, 4.69) is 44.7 Å². The van der Waals surface area contributed by atoms with Gasteiger partial charge in [-0.05, 0) is 25.3 Å². The molecule has 1 aromatic carbocycles. The summed E-state index contributed by atoms with van der Waals surface area (Å²) < 4.78 is 0. The Morgan fingerprint density at radius 2 is 2.04 bits per heavy atom. The van der Waals surface area contributed by atoms with E-state index in [1.54, 1.807) is 0 Å². The molecule has 2 aliphatic heterocycles. The number of benzene rings is 1. The summed E-state index contributed by atoms with van der Waals surface area (Å²) >= 11 is 0. The lowest BCUT2D eigenvalue weighted by atomic mass is 9.89. The van der Waals surface area contributed by atoms with Crippen LogP contribution in [0.4, 0.5) is 0 Å². The molecule has 5 heteroatoms. The fourth-order valence-corrected chi connectivity index (χ4v) is 4.34. The zero-order chi connectivity index (χ0) is 16.7. The van der Waals surface area contributed by atoms with Crippen LogP contribution in [-0.2, 0) is 11.2 Å². The van der Waals surface area contributed by atoms with Crippen LogP contribution in [0.1, 0.15) is 28.6 Å². The first-order valence-corrected chi connectivity index (χ1v) is 8.70. The van der Waals surface area contributed by atoms with E-state index < -0.39 is 0 Å². The molecule has 0 aliphatic carbocycles. The molecule has 2 aromatic rings. The van der Waals surface area contributed by atoms with E-state index in [0.717, 1.165) is 36.6 Å². The minimum absolute atomic E-state index is 0.186. The van der Waals surface area contributed by atoms with Crippen molar-refractivity contribution < 1.29 is 4.79 Å². The van der Waals surface area contributed by atoms with Crippen LogP contribution in [0.15, 0.2) is 30.3 Å². The molecule has 2 fully saturated rings. The number of aromatic nitrogens is 2. The molecule has 24 heavy (non-hydrogen) atoms. The first-order chi connectivity index (χ1) is 11.6. The van der Waals surface area contributed by atoms with E-state index in [1.165, 1.54) is 5.56 Å². The molecule has 0 spiro atoms. The molecule has 3 atom stereocenters. The monoisotopic (exact) mass is 324 g/mol. The van der Waals surface area contributed by atoms with Crippen molar-refractivity contribution in [3.8, 4) is 0 Å². The van der Waals surface area contributed by atoms with Crippen LogP contribution >= 0.6 is 0 Å².